The third kappa shape index (κ3) is 3.30. The molecule has 4 nitrogen and oxygen atoms in total. The molecule has 2 rings (SSSR count). The molecular formula is C14H11FNO3S2-. The van der Waals surface area contributed by atoms with Crippen LogP contribution in [0.1, 0.15) is 18.9 Å². The van der Waals surface area contributed by atoms with Crippen LogP contribution in [0.3, 0.4) is 0 Å². The van der Waals surface area contributed by atoms with Gasteiger partial charge in [-0.25, -0.2) is 4.39 Å². The lowest BCUT2D eigenvalue weighted by Gasteiger charge is -2.26. The highest BCUT2D eigenvalue weighted by atomic mass is 32.2. The molecule has 1 aromatic carbocycles. The molecule has 0 aromatic heterocycles. The molecule has 7 heteroatoms. The maximum Gasteiger partial charge on any atom is 0.266 e. The number of amides is 1. The molecule has 1 amide bonds. The SMILES string of the molecule is CC[C@@H](C(=O)[O-])N1C(=O)/C(=C/c2ccc(F)cc2)SC1=S. The van der Waals surface area contributed by atoms with E-state index in [0.717, 1.165) is 16.7 Å². The predicted octanol–water partition coefficient (Wildman–Crippen LogP) is 1.56. The summed E-state index contributed by atoms with van der Waals surface area (Å²) in [4.78, 5) is 24.7. The van der Waals surface area contributed by atoms with Gasteiger partial charge in [-0.1, -0.05) is 43.0 Å². The standard InChI is InChI=1S/C14H12FNO3S2/c1-2-10(13(18)19)16-12(17)11(21-14(16)20)7-8-3-5-9(15)6-4-8/h3-7,10H,2H2,1H3,(H,18,19)/p-1/b11-7-/t10-/m0/s1. The van der Waals surface area contributed by atoms with Crippen LogP contribution in [0.4, 0.5) is 4.39 Å². The number of nitrogens with zero attached hydrogens (tertiary/aromatic N) is 1. The monoisotopic (exact) mass is 324 g/mol. The van der Waals surface area contributed by atoms with Gasteiger partial charge in [-0.05, 0) is 30.2 Å². The van der Waals surface area contributed by atoms with E-state index in [1.807, 2.05) is 0 Å². The van der Waals surface area contributed by atoms with Crippen LogP contribution < -0.4 is 5.11 Å². The number of hydrogen-bond donors (Lipinski definition) is 0. The Hall–Kier alpha value is -1.73. The number of carboxylic acids is 1. The number of hydrogen-bond acceptors (Lipinski definition) is 5. The van der Waals surface area contributed by atoms with Gasteiger partial charge in [-0.3, -0.25) is 9.69 Å². The number of benzene rings is 1. The molecular weight excluding hydrogens is 313 g/mol. The van der Waals surface area contributed by atoms with E-state index in [-0.39, 0.29) is 16.6 Å². The van der Waals surface area contributed by atoms with E-state index >= 15 is 0 Å². The average molecular weight is 324 g/mol. The first-order valence-corrected chi connectivity index (χ1v) is 7.40. The molecule has 0 aliphatic carbocycles. The fourth-order valence-electron chi connectivity index (χ4n) is 1.91. The number of carboxylic acid groups (broad SMARTS) is 1. The molecule has 1 aliphatic heterocycles. The zero-order valence-corrected chi connectivity index (χ0v) is 12.7. The summed E-state index contributed by atoms with van der Waals surface area (Å²) in [6, 6.07) is 4.54. The van der Waals surface area contributed by atoms with Crippen molar-refractivity contribution in [1.29, 1.82) is 0 Å². The van der Waals surface area contributed by atoms with Crippen LogP contribution in [-0.4, -0.2) is 27.1 Å². The van der Waals surface area contributed by atoms with Crippen molar-refractivity contribution in [3.63, 3.8) is 0 Å². The summed E-state index contributed by atoms with van der Waals surface area (Å²) in [6.07, 6.45) is 1.76. The van der Waals surface area contributed by atoms with Crippen molar-refractivity contribution in [2.75, 3.05) is 0 Å². The molecule has 21 heavy (non-hydrogen) atoms. The summed E-state index contributed by atoms with van der Waals surface area (Å²) in [5.41, 5.74) is 0.637. The summed E-state index contributed by atoms with van der Waals surface area (Å²) < 4.78 is 13.0. The Morgan fingerprint density at radius 2 is 2.10 bits per heavy atom. The summed E-state index contributed by atoms with van der Waals surface area (Å²) in [6.45, 7) is 1.64. The van der Waals surface area contributed by atoms with Gasteiger partial charge in [-0.15, -0.1) is 0 Å². The van der Waals surface area contributed by atoms with Crippen molar-refractivity contribution in [3.05, 3.63) is 40.6 Å². The second-order valence-corrected chi connectivity index (χ2v) is 6.02. The first kappa shape index (κ1) is 15.7. The van der Waals surface area contributed by atoms with Gasteiger partial charge in [0.1, 0.15) is 10.1 Å². The van der Waals surface area contributed by atoms with Crippen molar-refractivity contribution < 1.29 is 19.1 Å². The third-order valence-electron chi connectivity index (χ3n) is 2.96. The van der Waals surface area contributed by atoms with Gasteiger partial charge in [0.25, 0.3) is 5.91 Å². The minimum atomic E-state index is -1.34. The van der Waals surface area contributed by atoms with E-state index in [0.29, 0.717) is 10.5 Å². The van der Waals surface area contributed by atoms with Crippen LogP contribution in [0.25, 0.3) is 6.08 Å². The van der Waals surface area contributed by atoms with E-state index in [1.54, 1.807) is 13.0 Å². The highest BCUT2D eigenvalue weighted by Crippen LogP contribution is 2.34. The molecule has 0 unspecified atom stereocenters. The van der Waals surface area contributed by atoms with Gasteiger partial charge in [-0.2, -0.15) is 0 Å². The summed E-state index contributed by atoms with van der Waals surface area (Å²) in [7, 11) is 0. The Balaban J connectivity index is 2.29. The van der Waals surface area contributed by atoms with Crippen LogP contribution >= 0.6 is 24.0 Å². The van der Waals surface area contributed by atoms with Crippen molar-refractivity contribution in [2.24, 2.45) is 0 Å². The van der Waals surface area contributed by atoms with Crippen molar-refractivity contribution >= 4 is 46.3 Å². The zero-order chi connectivity index (χ0) is 15.6. The van der Waals surface area contributed by atoms with Crippen molar-refractivity contribution in [3.8, 4) is 0 Å². The molecule has 1 atom stereocenters. The first-order chi connectivity index (χ1) is 9.93. The van der Waals surface area contributed by atoms with Gasteiger partial charge in [0, 0.05) is 0 Å². The summed E-state index contributed by atoms with van der Waals surface area (Å²) in [5.74, 6) is -2.18. The van der Waals surface area contributed by atoms with Crippen molar-refractivity contribution in [1.82, 2.24) is 4.90 Å². The lowest BCUT2D eigenvalue weighted by atomic mass is 10.2. The number of halogens is 1. The minimum absolute atomic E-state index is 0.185. The smallest absolute Gasteiger partial charge is 0.266 e. The fraction of sp³-hybridized carbons (Fsp3) is 0.214. The van der Waals surface area contributed by atoms with Gasteiger partial charge in [0.15, 0.2) is 0 Å². The number of carbonyl (C=O) groups excluding carboxylic acids is 2. The average Bonchev–Trinajstić information content (AvgIpc) is 2.70. The minimum Gasteiger partial charge on any atom is -0.548 e. The molecule has 0 spiro atoms. The number of thiocarbonyl (C=S) groups is 1. The maximum absolute atomic E-state index is 12.8. The van der Waals surface area contributed by atoms with Gasteiger partial charge < -0.3 is 9.90 Å². The van der Waals surface area contributed by atoms with Crippen LogP contribution in [0.15, 0.2) is 29.2 Å². The fourth-order valence-corrected chi connectivity index (χ4v) is 3.27. The molecule has 1 fully saturated rings. The predicted molar refractivity (Wildman–Crippen MR) is 80.5 cm³/mol. The Kier molecular flexibility index (Phi) is 4.74. The van der Waals surface area contributed by atoms with E-state index in [2.05, 4.69) is 0 Å². The van der Waals surface area contributed by atoms with E-state index < -0.39 is 17.9 Å². The Labute approximate surface area is 130 Å². The van der Waals surface area contributed by atoms with E-state index in [1.165, 1.54) is 24.3 Å². The van der Waals surface area contributed by atoms with Crippen LogP contribution in [0, 0.1) is 5.82 Å². The molecule has 1 aliphatic rings. The second kappa shape index (κ2) is 6.36. The first-order valence-electron chi connectivity index (χ1n) is 6.17. The molecule has 1 saturated heterocycles. The maximum atomic E-state index is 12.8. The van der Waals surface area contributed by atoms with Crippen molar-refractivity contribution in [2.45, 2.75) is 19.4 Å². The largest absolute Gasteiger partial charge is 0.548 e. The summed E-state index contributed by atoms with van der Waals surface area (Å²) in [5, 5.41) is 11.1. The normalized spacial score (nSPS) is 18.4. The number of aliphatic carboxylic acids is 1. The topological polar surface area (TPSA) is 60.4 Å². The number of rotatable bonds is 4. The van der Waals surface area contributed by atoms with Gasteiger partial charge >= 0.3 is 0 Å². The molecule has 110 valence electrons. The Bertz CT molecular complexity index is 628. The number of thioether (sulfide) groups is 1. The van der Waals surface area contributed by atoms with E-state index in [9.17, 15) is 19.1 Å². The lowest BCUT2D eigenvalue weighted by Crippen LogP contribution is -2.49. The highest BCUT2D eigenvalue weighted by molar-refractivity contribution is 8.26. The third-order valence-corrected chi connectivity index (χ3v) is 4.29. The lowest BCUT2D eigenvalue weighted by molar-refractivity contribution is -0.310. The quantitative estimate of drug-likeness (QED) is 0.621. The molecule has 0 saturated carbocycles. The molecule has 1 aromatic rings. The molecule has 0 N–H and O–H groups in total. The molecule has 0 radical (unpaired) electrons. The van der Waals surface area contributed by atoms with Crippen LogP contribution in [0.2, 0.25) is 0 Å². The number of carbonyl (C=O) groups is 2. The van der Waals surface area contributed by atoms with Gasteiger partial charge in [0.05, 0.1) is 16.9 Å². The Morgan fingerprint density at radius 3 is 2.62 bits per heavy atom. The van der Waals surface area contributed by atoms with E-state index in [4.69, 9.17) is 12.2 Å². The van der Waals surface area contributed by atoms with Crippen LogP contribution in [-0.2, 0) is 9.59 Å². The molecule has 0 bridgehead atoms. The van der Waals surface area contributed by atoms with Crippen LogP contribution in [0.5, 0.6) is 0 Å². The zero-order valence-electron chi connectivity index (χ0n) is 11.0. The Morgan fingerprint density at radius 1 is 1.48 bits per heavy atom. The molecule has 1 heterocycles. The summed E-state index contributed by atoms with van der Waals surface area (Å²) >= 11 is 6.10. The second-order valence-electron chi connectivity index (χ2n) is 4.35. The van der Waals surface area contributed by atoms with Gasteiger partial charge in [0.2, 0.25) is 0 Å². The highest BCUT2D eigenvalue weighted by Gasteiger charge is 2.36.